The van der Waals surface area contributed by atoms with Gasteiger partial charge in [-0.3, -0.25) is 0 Å². The van der Waals surface area contributed by atoms with Gasteiger partial charge in [0.2, 0.25) is 0 Å². The second kappa shape index (κ2) is 7.25. The van der Waals surface area contributed by atoms with Crippen LogP contribution in [0.5, 0.6) is 11.5 Å². The van der Waals surface area contributed by atoms with Gasteiger partial charge in [-0.05, 0) is 18.1 Å². The average molecular weight is 268 g/mol. The van der Waals surface area contributed by atoms with Crippen molar-refractivity contribution in [3.8, 4) is 11.5 Å². The van der Waals surface area contributed by atoms with Gasteiger partial charge in [-0.25, -0.2) is 9.59 Å². The van der Waals surface area contributed by atoms with E-state index in [1.165, 1.54) is 19.2 Å². The number of ether oxygens (including phenoxy) is 4. The fraction of sp³-hybridized carbons (Fsp3) is 0.385. The van der Waals surface area contributed by atoms with Crippen LogP contribution in [-0.4, -0.2) is 26.0 Å². The van der Waals surface area contributed by atoms with E-state index in [1.807, 2.05) is 13.8 Å². The first-order valence-electron chi connectivity index (χ1n) is 5.71. The number of carbonyl (C=O) groups is 2. The Morgan fingerprint density at radius 1 is 1.11 bits per heavy atom. The van der Waals surface area contributed by atoms with Crippen LogP contribution in [-0.2, 0) is 9.47 Å². The van der Waals surface area contributed by atoms with Crippen molar-refractivity contribution in [2.45, 2.75) is 13.8 Å². The van der Waals surface area contributed by atoms with Crippen LogP contribution in [0.4, 0.5) is 9.59 Å². The third-order valence-electron chi connectivity index (χ3n) is 1.91. The molecule has 0 saturated heterocycles. The highest BCUT2D eigenvalue weighted by Crippen LogP contribution is 2.20. The van der Waals surface area contributed by atoms with Crippen LogP contribution in [0, 0.1) is 5.92 Å². The Morgan fingerprint density at radius 3 is 2.21 bits per heavy atom. The first-order valence-corrected chi connectivity index (χ1v) is 5.71. The summed E-state index contributed by atoms with van der Waals surface area (Å²) in [6.45, 7) is 4.10. The molecule has 1 rings (SSSR count). The first-order chi connectivity index (χ1) is 9.01. The van der Waals surface area contributed by atoms with Crippen molar-refractivity contribution in [3.63, 3.8) is 0 Å². The van der Waals surface area contributed by atoms with Crippen molar-refractivity contribution in [3.05, 3.63) is 24.3 Å². The van der Waals surface area contributed by atoms with Gasteiger partial charge < -0.3 is 18.9 Å². The molecule has 104 valence electrons. The number of methoxy groups -OCH3 is 1. The van der Waals surface area contributed by atoms with Crippen LogP contribution in [0.2, 0.25) is 0 Å². The van der Waals surface area contributed by atoms with E-state index in [0.29, 0.717) is 0 Å². The molecule has 0 aliphatic rings. The van der Waals surface area contributed by atoms with E-state index < -0.39 is 12.3 Å². The van der Waals surface area contributed by atoms with Crippen molar-refractivity contribution < 1.29 is 28.5 Å². The Kier molecular flexibility index (Phi) is 5.66. The Hall–Kier alpha value is -2.24. The molecule has 0 heterocycles. The SMILES string of the molecule is COC(=O)Oc1cccc(OC(=O)OCC(C)C)c1. The predicted molar refractivity (Wildman–Crippen MR) is 66.3 cm³/mol. The van der Waals surface area contributed by atoms with Crippen LogP contribution in [0.3, 0.4) is 0 Å². The molecular formula is C13H16O6. The molecule has 0 N–H and O–H groups in total. The van der Waals surface area contributed by atoms with E-state index in [1.54, 1.807) is 12.1 Å². The predicted octanol–water partition coefficient (Wildman–Crippen LogP) is 3.00. The van der Waals surface area contributed by atoms with Crippen LogP contribution < -0.4 is 9.47 Å². The summed E-state index contributed by atoms with van der Waals surface area (Å²) in [6, 6.07) is 6.03. The molecule has 0 radical (unpaired) electrons. The summed E-state index contributed by atoms with van der Waals surface area (Å²) in [5.74, 6) is 0.651. The third kappa shape index (κ3) is 5.76. The topological polar surface area (TPSA) is 71.1 Å². The van der Waals surface area contributed by atoms with Gasteiger partial charge in [0.05, 0.1) is 13.7 Å². The maximum absolute atomic E-state index is 11.3. The molecule has 0 fully saturated rings. The first kappa shape index (κ1) is 14.8. The summed E-state index contributed by atoms with van der Waals surface area (Å²) in [4.78, 5) is 22.2. The number of hydrogen-bond donors (Lipinski definition) is 0. The van der Waals surface area contributed by atoms with Gasteiger partial charge in [0.15, 0.2) is 0 Å². The summed E-state index contributed by atoms with van der Waals surface area (Å²) in [7, 11) is 1.20. The molecular weight excluding hydrogens is 252 g/mol. The van der Waals surface area contributed by atoms with E-state index >= 15 is 0 Å². The molecule has 0 saturated carbocycles. The van der Waals surface area contributed by atoms with E-state index in [4.69, 9.17) is 14.2 Å². The zero-order chi connectivity index (χ0) is 14.3. The molecule has 0 aliphatic carbocycles. The summed E-state index contributed by atoms with van der Waals surface area (Å²) < 4.78 is 18.9. The second-order valence-corrected chi connectivity index (χ2v) is 4.09. The third-order valence-corrected chi connectivity index (χ3v) is 1.91. The molecule has 6 nitrogen and oxygen atoms in total. The molecule has 19 heavy (non-hydrogen) atoms. The van der Waals surface area contributed by atoms with E-state index in [2.05, 4.69) is 4.74 Å². The smallest absolute Gasteiger partial charge is 0.437 e. The number of hydrogen-bond acceptors (Lipinski definition) is 6. The lowest BCUT2D eigenvalue weighted by Crippen LogP contribution is -2.14. The number of rotatable bonds is 4. The highest BCUT2D eigenvalue weighted by Gasteiger charge is 2.09. The number of carbonyl (C=O) groups excluding carboxylic acids is 2. The fourth-order valence-electron chi connectivity index (χ4n) is 1.10. The lowest BCUT2D eigenvalue weighted by atomic mass is 10.2. The van der Waals surface area contributed by atoms with Crippen LogP contribution in [0.25, 0.3) is 0 Å². The lowest BCUT2D eigenvalue weighted by molar-refractivity contribution is 0.0885. The molecule has 0 spiro atoms. The minimum Gasteiger partial charge on any atom is -0.437 e. The van der Waals surface area contributed by atoms with Crippen molar-refractivity contribution in [1.82, 2.24) is 0 Å². The highest BCUT2D eigenvalue weighted by molar-refractivity contribution is 5.65. The van der Waals surface area contributed by atoms with Gasteiger partial charge in [-0.2, -0.15) is 0 Å². The minimum atomic E-state index is -0.848. The lowest BCUT2D eigenvalue weighted by Gasteiger charge is -2.08. The molecule has 0 aliphatic heterocycles. The summed E-state index contributed by atoms with van der Waals surface area (Å²) in [6.07, 6.45) is -1.65. The van der Waals surface area contributed by atoms with Crippen molar-refractivity contribution in [1.29, 1.82) is 0 Å². The molecule has 6 heteroatoms. The Labute approximate surface area is 111 Å². The van der Waals surface area contributed by atoms with Gasteiger partial charge in [0.25, 0.3) is 0 Å². The molecule has 1 aromatic carbocycles. The molecule has 0 aromatic heterocycles. The van der Waals surface area contributed by atoms with Crippen molar-refractivity contribution in [2.24, 2.45) is 5.92 Å². The van der Waals surface area contributed by atoms with Crippen LogP contribution in [0.15, 0.2) is 24.3 Å². The second-order valence-electron chi connectivity index (χ2n) is 4.09. The summed E-state index contributed by atoms with van der Waals surface area (Å²) >= 11 is 0. The van der Waals surface area contributed by atoms with Crippen molar-refractivity contribution >= 4 is 12.3 Å². The Balaban J connectivity index is 2.56. The summed E-state index contributed by atoms with van der Waals surface area (Å²) in [5, 5.41) is 0. The Bertz CT molecular complexity index is 441. The standard InChI is InChI=1S/C13H16O6/c1-9(2)8-17-13(15)19-11-6-4-5-10(7-11)18-12(14)16-3/h4-7,9H,8H2,1-3H3. The normalized spacial score (nSPS) is 9.89. The Morgan fingerprint density at radius 2 is 1.68 bits per heavy atom. The minimum absolute atomic E-state index is 0.209. The quantitative estimate of drug-likeness (QED) is 0.617. The zero-order valence-corrected chi connectivity index (χ0v) is 11.0. The molecule has 0 bridgehead atoms. The van der Waals surface area contributed by atoms with Gasteiger partial charge >= 0.3 is 12.3 Å². The molecule has 1 aromatic rings. The van der Waals surface area contributed by atoms with E-state index in [9.17, 15) is 9.59 Å². The van der Waals surface area contributed by atoms with Crippen LogP contribution >= 0.6 is 0 Å². The van der Waals surface area contributed by atoms with Gasteiger partial charge in [-0.15, -0.1) is 0 Å². The zero-order valence-electron chi connectivity index (χ0n) is 11.0. The summed E-state index contributed by atoms with van der Waals surface area (Å²) in [5.41, 5.74) is 0. The maximum atomic E-state index is 11.3. The van der Waals surface area contributed by atoms with Gasteiger partial charge in [0.1, 0.15) is 11.5 Å². The van der Waals surface area contributed by atoms with Gasteiger partial charge in [-0.1, -0.05) is 19.9 Å². The van der Waals surface area contributed by atoms with Crippen molar-refractivity contribution in [2.75, 3.05) is 13.7 Å². The molecule has 0 amide bonds. The van der Waals surface area contributed by atoms with Crippen LogP contribution in [0.1, 0.15) is 13.8 Å². The largest absolute Gasteiger partial charge is 0.513 e. The maximum Gasteiger partial charge on any atom is 0.513 e. The molecule has 0 unspecified atom stereocenters. The van der Waals surface area contributed by atoms with Gasteiger partial charge in [0, 0.05) is 6.07 Å². The number of benzene rings is 1. The fourth-order valence-corrected chi connectivity index (χ4v) is 1.10. The molecule has 0 atom stereocenters. The van der Waals surface area contributed by atoms with E-state index in [0.717, 1.165) is 0 Å². The van der Waals surface area contributed by atoms with E-state index in [-0.39, 0.29) is 24.0 Å². The highest BCUT2D eigenvalue weighted by atomic mass is 16.7. The monoisotopic (exact) mass is 268 g/mol. The average Bonchev–Trinajstić information content (AvgIpc) is 2.36.